The lowest BCUT2D eigenvalue weighted by molar-refractivity contribution is 0.777. The molecule has 0 saturated heterocycles. The van der Waals surface area contributed by atoms with Gasteiger partial charge in [-0.2, -0.15) is 11.4 Å². The van der Waals surface area contributed by atoms with E-state index in [2.05, 4.69) is 55.7 Å². The van der Waals surface area contributed by atoms with Crippen molar-refractivity contribution in [3.05, 3.63) is 40.5 Å². The van der Waals surface area contributed by atoms with Crippen LogP contribution in [0.3, 0.4) is 0 Å². The molecule has 0 unspecified atom stereocenters. The van der Waals surface area contributed by atoms with Gasteiger partial charge in [0.15, 0.2) is 0 Å². The fourth-order valence-electron chi connectivity index (χ4n) is 2.02. The molecule has 85 valence electrons. The summed E-state index contributed by atoms with van der Waals surface area (Å²) in [5, 5.41) is 1.34. The summed E-state index contributed by atoms with van der Waals surface area (Å²) in [6.07, 6.45) is 0. The van der Waals surface area contributed by atoms with E-state index in [1.807, 2.05) is 11.4 Å². The predicted molar refractivity (Wildman–Crippen MR) is 73.7 cm³/mol. The summed E-state index contributed by atoms with van der Waals surface area (Å²) in [6.45, 7) is 7.58. The van der Waals surface area contributed by atoms with E-state index in [1.165, 1.54) is 21.1 Å². The highest BCUT2D eigenvalue weighted by Gasteiger charge is 1.99. The Balaban J connectivity index is 2.81. The van der Waals surface area contributed by atoms with E-state index in [-0.39, 0.29) is 0 Å². The molecule has 0 aliphatic carbocycles. The van der Waals surface area contributed by atoms with Gasteiger partial charge in [-0.1, -0.05) is 18.6 Å². The van der Waals surface area contributed by atoms with Crippen LogP contribution in [0.2, 0.25) is 0 Å². The normalized spacial score (nSPS) is 12.3. The number of hydrogen-bond acceptors (Lipinski definition) is 0. The molecule has 0 amide bonds. The summed E-state index contributed by atoms with van der Waals surface area (Å²) in [6, 6.07) is 11.1. The molecule has 1 aromatic heterocycles. The van der Waals surface area contributed by atoms with Gasteiger partial charge in [0.1, 0.15) is 0 Å². The molecule has 0 fully saturated rings. The molecule has 2 aromatic rings. The van der Waals surface area contributed by atoms with E-state index in [1.54, 1.807) is 0 Å². The van der Waals surface area contributed by atoms with Crippen molar-refractivity contribution in [2.45, 2.75) is 27.3 Å². The van der Waals surface area contributed by atoms with Gasteiger partial charge >= 0.3 is 0 Å². The zero-order valence-corrected chi connectivity index (χ0v) is 11.0. The van der Waals surface area contributed by atoms with Crippen molar-refractivity contribution in [1.82, 2.24) is 4.57 Å². The van der Waals surface area contributed by atoms with Gasteiger partial charge in [0.25, 0.3) is 0 Å². The maximum atomic E-state index is 2.39. The third kappa shape index (κ3) is 2.03. The molecule has 0 bridgehead atoms. The van der Waals surface area contributed by atoms with Gasteiger partial charge in [-0.3, -0.25) is 0 Å². The van der Waals surface area contributed by atoms with Crippen LogP contribution in [0.1, 0.15) is 19.4 Å². The minimum Gasteiger partial charge on any atom is -0.333 e. The molecule has 0 saturated carbocycles. The number of nitrogens with zero attached hydrogens (tertiary/aromatic N) is 1. The highest BCUT2D eigenvalue weighted by atomic mass is 32.1. The first-order valence-electron chi connectivity index (χ1n) is 5.82. The molecule has 1 radical (unpaired) electrons. The predicted octanol–water partition coefficient (Wildman–Crippen LogP) is 4.25. The average Bonchev–Trinajstić information content (AvgIpc) is 2.29. The average molecular weight is 232 g/mol. The summed E-state index contributed by atoms with van der Waals surface area (Å²) >= 11 is 1.91. The molecule has 1 nitrogen and oxygen atoms in total. The Hall–Kier alpha value is -1.15. The van der Waals surface area contributed by atoms with Crippen molar-refractivity contribution < 1.29 is 0 Å². The lowest BCUT2D eigenvalue weighted by Crippen LogP contribution is -1.99. The van der Waals surface area contributed by atoms with E-state index < -0.39 is 0 Å². The summed E-state index contributed by atoms with van der Waals surface area (Å²) in [4.78, 5) is 0. The summed E-state index contributed by atoms with van der Waals surface area (Å²) in [5.41, 5.74) is 2.66. The molecule has 2 rings (SSSR count). The van der Waals surface area contributed by atoms with E-state index in [0.717, 1.165) is 12.3 Å². The van der Waals surface area contributed by atoms with E-state index >= 15 is 0 Å². The van der Waals surface area contributed by atoms with Gasteiger partial charge in [-0.25, -0.2) is 0 Å². The SMILES string of the molecule is CC[S]=c1ccc2cc(C)ccc2n1CC. The van der Waals surface area contributed by atoms with Gasteiger partial charge in [0.2, 0.25) is 0 Å². The molecule has 0 aliphatic heterocycles. The third-order valence-corrected chi connectivity index (χ3v) is 3.69. The minimum atomic E-state index is 1.03. The highest BCUT2D eigenvalue weighted by molar-refractivity contribution is 7.91. The quantitative estimate of drug-likeness (QED) is 0.682. The van der Waals surface area contributed by atoms with Gasteiger partial charge < -0.3 is 4.57 Å². The standard InChI is InChI=1S/C14H18NS/c1-4-15-13-8-6-11(3)10-12(13)7-9-14(15)16-5-2/h6-10H,4-5H2,1-3H3. The van der Waals surface area contributed by atoms with Crippen LogP contribution in [0.25, 0.3) is 10.9 Å². The summed E-state index contributed by atoms with van der Waals surface area (Å²) in [5.74, 6) is 1.12. The molecule has 0 N–H and O–H groups in total. The first-order chi connectivity index (χ1) is 7.76. The molecule has 16 heavy (non-hydrogen) atoms. The molecular weight excluding hydrogens is 214 g/mol. The van der Waals surface area contributed by atoms with Crippen LogP contribution < -0.4 is 0 Å². The first kappa shape index (κ1) is 11.3. The fourth-order valence-corrected chi connectivity index (χ4v) is 2.87. The van der Waals surface area contributed by atoms with E-state index in [4.69, 9.17) is 0 Å². The minimum absolute atomic E-state index is 1.03. The van der Waals surface area contributed by atoms with Crippen LogP contribution in [-0.2, 0) is 6.54 Å². The van der Waals surface area contributed by atoms with Gasteiger partial charge in [-0.05, 0) is 43.5 Å². The lowest BCUT2D eigenvalue weighted by atomic mass is 10.1. The van der Waals surface area contributed by atoms with Crippen LogP contribution in [0.5, 0.6) is 0 Å². The molecule has 0 atom stereocenters. The number of aromatic nitrogens is 1. The Morgan fingerprint density at radius 1 is 1.12 bits per heavy atom. The zero-order valence-electron chi connectivity index (χ0n) is 10.2. The smallest absolute Gasteiger partial charge is 0.0910 e. The molecule has 2 heteroatoms. The Morgan fingerprint density at radius 3 is 2.62 bits per heavy atom. The number of benzene rings is 1. The molecule has 0 spiro atoms. The largest absolute Gasteiger partial charge is 0.333 e. The van der Waals surface area contributed by atoms with Gasteiger partial charge in [0.05, 0.1) is 4.64 Å². The second kappa shape index (κ2) is 4.79. The van der Waals surface area contributed by atoms with E-state index in [9.17, 15) is 0 Å². The topological polar surface area (TPSA) is 4.93 Å². The van der Waals surface area contributed by atoms with Crippen LogP contribution in [-0.4, -0.2) is 10.3 Å². The number of fused-ring (bicyclic) bond motifs is 1. The molecule has 1 aromatic carbocycles. The maximum absolute atomic E-state index is 2.39. The van der Waals surface area contributed by atoms with Crippen molar-refractivity contribution in [1.29, 1.82) is 0 Å². The number of pyridine rings is 1. The van der Waals surface area contributed by atoms with Crippen molar-refractivity contribution in [2.24, 2.45) is 0 Å². The number of hydrogen-bond donors (Lipinski definition) is 0. The van der Waals surface area contributed by atoms with Crippen molar-refractivity contribution in [3.8, 4) is 0 Å². The highest BCUT2D eigenvalue weighted by Crippen LogP contribution is 2.17. The Bertz CT molecular complexity index is 566. The monoisotopic (exact) mass is 232 g/mol. The zero-order chi connectivity index (χ0) is 11.5. The second-order valence-corrected chi connectivity index (χ2v) is 5.20. The van der Waals surface area contributed by atoms with Crippen LogP contribution in [0.15, 0.2) is 30.3 Å². The maximum Gasteiger partial charge on any atom is 0.0910 e. The van der Waals surface area contributed by atoms with Gasteiger partial charge in [0, 0.05) is 17.8 Å². The van der Waals surface area contributed by atoms with Crippen molar-refractivity contribution >= 4 is 22.3 Å². The van der Waals surface area contributed by atoms with E-state index in [0.29, 0.717) is 0 Å². The van der Waals surface area contributed by atoms with Crippen molar-refractivity contribution in [2.75, 3.05) is 5.75 Å². The van der Waals surface area contributed by atoms with Crippen LogP contribution >= 0.6 is 11.4 Å². The number of aryl methyl sites for hydroxylation is 2. The molecule has 1 heterocycles. The first-order valence-corrected chi connectivity index (χ1v) is 6.80. The Kier molecular flexibility index (Phi) is 3.39. The van der Waals surface area contributed by atoms with Crippen molar-refractivity contribution in [3.63, 3.8) is 0 Å². The second-order valence-electron chi connectivity index (χ2n) is 3.91. The van der Waals surface area contributed by atoms with Crippen LogP contribution in [0.4, 0.5) is 0 Å². The summed E-state index contributed by atoms with van der Waals surface area (Å²) < 4.78 is 3.75. The Labute approximate surface area is 101 Å². The molecular formula is C14H18NS. The fraction of sp³-hybridized carbons (Fsp3) is 0.357. The third-order valence-electron chi connectivity index (χ3n) is 2.75. The van der Waals surface area contributed by atoms with Gasteiger partial charge in [-0.15, -0.1) is 0 Å². The molecule has 0 aliphatic rings. The van der Waals surface area contributed by atoms with Crippen LogP contribution in [0, 0.1) is 11.6 Å². The lowest BCUT2D eigenvalue weighted by Gasteiger charge is -2.10. The number of rotatable bonds is 2. The Morgan fingerprint density at radius 2 is 1.94 bits per heavy atom. The summed E-state index contributed by atoms with van der Waals surface area (Å²) in [7, 11) is 0.